The highest BCUT2D eigenvalue weighted by Crippen LogP contribution is 2.33. The predicted octanol–water partition coefficient (Wildman–Crippen LogP) is 5.71. The Hall–Kier alpha value is -4.67. The molecule has 5 aromatic rings. The molecule has 0 aliphatic carbocycles. The summed E-state index contributed by atoms with van der Waals surface area (Å²) >= 11 is 0. The van der Waals surface area contributed by atoms with Gasteiger partial charge in [0.15, 0.2) is 0 Å². The van der Waals surface area contributed by atoms with Gasteiger partial charge in [-0.3, -0.25) is 19.9 Å². The molecule has 0 bridgehead atoms. The van der Waals surface area contributed by atoms with Crippen molar-refractivity contribution in [2.75, 3.05) is 52.1 Å². The Morgan fingerprint density at radius 1 is 0.935 bits per heavy atom. The maximum absolute atomic E-state index is 14.8. The number of nitrogens with one attached hydrogen (secondary N) is 3. The first kappa shape index (κ1) is 30.0. The van der Waals surface area contributed by atoms with E-state index in [1.54, 1.807) is 18.5 Å². The molecule has 7 rings (SSSR count). The summed E-state index contributed by atoms with van der Waals surface area (Å²) in [6, 6.07) is 11.3. The Kier molecular flexibility index (Phi) is 8.72. The monoisotopic (exact) mass is 618 g/mol. The van der Waals surface area contributed by atoms with Crippen molar-refractivity contribution in [1.82, 2.24) is 30.2 Å². The van der Waals surface area contributed by atoms with Gasteiger partial charge in [-0.05, 0) is 100 Å². The average Bonchev–Trinajstić information content (AvgIpc) is 3.38. The Bertz CT molecular complexity index is 1880. The minimum atomic E-state index is -0.292. The number of pyridine rings is 3. The molecule has 3 N–H and O–H groups in total. The summed E-state index contributed by atoms with van der Waals surface area (Å²) in [6.45, 7) is 4.21. The first-order valence-electron chi connectivity index (χ1n) is 16.0. The van der Waals surface area contributed by atoms with Crippen LogP contribution in [0.25, 0.3) is 33.3 Å². The number of likely N-dealkylation sites (N-methyl/N-ethyl adjacent to an activating group) is 1. The number of rotatable bonds is 9. The summed E-state index contributed by atoms with van der Waals surface area (Å²) in [5.74, 6) is 0.471. The number of aliphatic imine (C=N–C) groups is 1. The summed E-state index contributed by atoms with van der Waals surface area (Å²) in [5.41, 5.74) is 8.95. The quantitative estimate of drug-likeness (QED) is 0.194. The van der Waals surface area contributed by atoms with Crippen molar-refractivity contribution < 1.29 is 9.13 Å². The molecule has 2 aliphatic rings. The second-order valence-corrected chi connectivity index (χ2v) is 12.3. The molecular weight excluding hydrogens is 579 g/mol. The number of piperidine rings is 1. The van der Waals surface area contributed by atoms with Gasteiger partial charge in [0.25, 0.3) is 0 Å². The first-order valence-corrected chi connectivity index (χ1v) is 16.0. The van der Waals surface area contributed by atoms with Gasteiger partial charge in [-0.15, -0.1) is 0 Å². The van der Waals surface area contributed by atoms with E-state index < -0.39 is 0 Å². The van der Waals surface area contributed by atoms with E-state index in [1.165, 1.54) is 6.07 Å². The van der Waals surface area contributed by atoms with Crippen molar-refractivity contribution in [3.8, 4) is 28.1 Å². The number of nitrogens with zero attached hydrogens (tertiary/aromatic N) is 5. The highest BCUT2D eigenvalue weighted by atomic mass is 19.1. The van der Waals surface area contributed by atoms with E-state index >= 15 is 0 Å². The van der Waals surface area contributed by atoms with Crippen molar-refractivity contribution in [3.05, 3.63) is 90.0 Å². The second-order valence-electron chi connectivity index (χ2n) is 12.3. The normalized spacial score (nSPS) is 15.4. The lowest BCUT2D eigenvalue weighted by Crippen LogP contribution is -2.34. The van der Waals surface area contributed by atoms with E-state index in [1.807, 2.05) is 44.8 Å². The number of benzene rings is 1. The van der Waals surface area contributed by atoms with Gasteiger partial charge in [0.1, 0.15) is 17.7 Å². The van der Waals surface area contributed by atoms with Gasteiger partial charge < -0.3 is 25.3 Å². The van der Waals surface area contributed by atoms with Crippen LogP contribution in [0.3, 0.4) is 0 Å². The SMILES string of the molecule is CN(C)CCNc1cc(F)cc(-c2cncc3[nH]c(C4=NCCCc5cnc(-c6cncc(OC7CCNCC7)c6)cc54)cc23)c1. The number of anilines is 1. The lowest BCUT2D eigenvalue weighted by molar-refractivity contribution is 0.162. The number of aromatic nitrogens is 4. The van der Waals surface area contributed by atoms with Gasteiger partial charge >= 0.3 is 0 Å². The largest absolute Gasteiger partial charge is 0.489 e. The number of fused-ring (bicyclic) bond motifs is 2. The number of aromatic amines is 1. The molecule has 9 nitrogen and oxygen atoms in total. The van der Waals surface area contributed by atoms with Crippen molar-refractivity contribution in [2.24, 2.45) is 4.99 Å². The zero-order chi connectivity index (χ0) is 31.5. The molecule has 6 heterocycles. The standard InChI is InChI=1S/C36H39FN8O/c1-45(2)11-10-41-27-13-24(12-26(37)15-27)32-21-40-22-35-31(32)17-34(44-35)36-30-16-33(43-19-23(30)4-3-7-42-36)25-14-29(20-39-18-25)46-28-5-8-38-9-6-28/h12-22,28,38,41,44H,3-11H2,1-2H3. The van der Waals surface area contributed by atoms with Crippen molar-refractivity contribution in [2.45, 2.75) is 31.8 Å². The number of H-pyrrole nitrogens is 1. The van der Waals surface area contributed by atoms with Gasteiger partial charge in [0.2, 0.25) is 0 Å². The smallest absolute Gasteiger partial charge is 0.138 e. The fourth-order valence-corrected chi connectivity index (χ4v) is 6.25. The highest BCUT2D eigenvalue weighted by molar-refractivity contribution is 6.16. The number of ether oxygens (including phenoxy) is 1. The second kappa shape index (κ2) is 13.4. The van der Waals surface area contributed by atoms with Crippen LogP contribution >= 0.6 is 0 Å². The average molecular weight is 619 g/mol. The van der Waals surface area contributed by atoms with Gasteiger partial charge in [0.05, 0.1) is 35.0 Å². The van der Waals surface area contributed by atoms with Crippen LogP contribution in [-0.2, 0) is 6.42 Å². The summed E-state index contributed by atoms with van der Waals surface area (Å²) in [4.78, 5) is 24.5. The molecule has 46 heavy (non-hydrogen) atoms. The zero-order valence-corrected chi connectivity index (χ0v) is 26.3. The molecule has 0 atom stereocenters. The maximum atomic E-state index is 14.8. The van der Waals surface area contributed by atoms with Gasteiger partial charge in [-0.2, -0.15) is 0 Å². The third-order valence-electron chi connectivity index (χ3n) is 8.61. The van der Waals surface area contributed by atoms with Gasteiger partial charge in [-0.25, -0.2) is 4.39 Å². The van der Waals surface area contributed by atoms with E-state index in [2.05, 4.69) is 42.6 Å². The summed E-state index contributed by atoms with van der Waals surface area (Å²) < 4.78 is 21.1. The van der Waals surface area contributed by atoms with Crippen LogP contribution in [0.15, 0.2) is 72.4 Å². The van der Waals surface area contributed by atoms with Crippen LogP contribution in [0.4, 0.5) is 10.1 Å². The molecule has 2 aliphatic heterocycles. The molecule has 0 amide bonds. The highest BCUT2D eigenvalue weighted by Gasteiger charge is 2.21. The minimum absolute atomic E-state index is 0.191. The first-order chi connectivity index (χ1) is 22.5. The Morgan fingerprint density at radius 3 is 2.67 bits per heavy atom. The molecule has 0 unspecified atom stereocenters. The molecule has 0 radical (unpaired) electrons. The Balaban J connectivity index is 1.22. The topological polar surface area (TPSA) is 103 Å². The van der Waals surface area contributed by atoms with E-state index in [-0.39, 0.29) is 11.9 Å². The summed E-state index contributed by atoms with van der Waals surface area (Å²) in [6.07, 6.45) is 13.2. The van der Waals surface area contributed by atoms with E-state index in [0.717, 1.165) is 113 Å². The molecule has 236 valence electrons. The third kappa shape index (κ3) is 6.63. The van der Waals surface area contributed by atoms with Gasteiger partial charge in [0, 0.05) is 66.0 Å². The summed E-state index contributed by atoms with van der Waals surface area (Å²) in [5, 5.41) is 7.69. The Morgan fingerprint density at radius 2 is 1.80 bits per heavy atom. The predicted molar refractivity (Wildman–Crippen MR) is 181 cm³/mol. The van der Waals surface area contributed by atoms with Crippen LogP contribution in [0, 0.1) is 5.82 Å². The zero-order valence-electron chi connectivity index (χ0n) is 26.3. The molecule has 0 spiro atoms. The van der Waals surface area contributed by atoms with Crippen molar-refractivity contribution >= 4 is 22.3 Å². The lowest BCUT2D eigenvalue weighted by Gasteiger charge is -2.23. The molecule has 0 saturated carbocycles. The van der Waals surface area contributed by atoms with Crippen LogP contribution in [0.2, 0.25) is 0 Å². The minimum Gasteiger partial charge on any atom is -0.489 e. The summed E-state index contributed by atoms with van der Waals surface area (Å²) in [7, 11) is 4.03. The van der Waals surface area contributed by atoms with Crippen molar-refractivity contribution in [3.63, 3.8) is 0 Å². The fourth-order valence-electron chi connectivity index (χ4n) is 6.25. The number of halogens is 1. The van der Waals surface area contributed by atoms with Crippen LogP contribution in [0.5, 0.6) is 5.75 Å². The molecule has 10 heteroatoms. The third-order valence-corrected chi connectivity index (χ3v) is 8.61. The molecule has 1 fully saturated rings. The Labute approximate surface area is 268 Å². The van der Waals surface area contributed by atoms with Crippen LogP contribution in [-0.4, -0.2) is 83.5 Å². The van der Waals surface area contributed by atoms with Crippen molar-refractivity contribution in [1.29, 1.82) is 0 Å². The maximum Gasteiger partial charge on any atom is 0.138 e. The van der Waals surface area contributed by atoms with E-state index in [4.69, 9.17) is 14.7 Å². The van der Waals surface area contributed by atoms with Gasteiger partial charge in [-0.1, -0.05) is 0 Å². The van der Waals surface area contributed by atoms with E-state index in [9.17, 15) is 4.39 Å². The molecule has 1 saturated heterocycles. The number of hydrogen-bond acceptors (Lipinski definition) is 8. The fraction of sp³-hybridized carbons (Fsp3) is 0.333. The molecule has 4 aromatic heterocycles. The molecule has 1 aromatic carbocycles. The number of aryl methyl sites for hydroxylation is 1. The van der Waals surface area contributed by atoms with E-state index in [0.29, 0.717) is 13.1 Å². The number of hydrogen-bond donors (Lipinski definition) is 3. The lowest BCUT2D eigenvalue weighted by atomic mass is 9.98. The van der Waals surface area contributed by atoms with Crippen LogP contribution in [0.1, 0.15) is 36.1 Å². The molecular formula is C36H39FN8O. The van der Waals surface area contributed by atoms with Crippen LogP contribution < -0.4 is 15.4 Å².